The molecule has 6 nitrogen and oxygen atoms in total. The average Bonchev–Trinajstić information content (AvgIpc) is 3.28. The molecule has 0 aliphatic carbocycles. The van der Waals surface area contributed by atoms with Crippen LogP contribution in [0.2, 0.25) is 0 Å². The lowest BCUT2D eigenvalue weighted by atomic mass is 10.1. The number of aromatic nitrogens is 1. The van der Waals surface area contributed by atoms with Crippen LogP contribution in [0, 0.1) is 13.8 Å². The normalized spacial score (nSPS) is 15.1. The second-order valence-electron chi connectivity index (χ2n) is 8.14. The van der Waals surface area contributed by atoms with Gasteiger partial charge < -0.3 is 14.4 Å². The van der Waals surface area contributed by atoms with Crippen molar-refractivity contribution in [2.24, 2.45) is 0 Å². The minimum absolute atomic E-state index is 0.198. The molecule has 1 aromatic heterocycles. The van der Waals surface area contributed by atoms with Gasteiger partial charge in [0.15, 0.2) is 15.0 Å². The highest BCUT2D eigenvalue weighted by Crippen LogP contribution is 2.35. The minimum atomic E-state index is -3.54. The predicted octanol–water partition coefficient (Wildman–Crippen LogP) is 4.89. The van der Waals surface area contributed by atoms with Crippen LogP contribution in [-0.4, -0.2) is 46.0 Å². The van der Waals surface area contributed by atoms with E-state index in [0.717, 1.165) is 16.4 Å². The Morgan fingerprint density at radius 1 is 1.00 bits per heavy atom. The molecule has 0 unspecified atom stereocenters. The van der Waals surface area contributed by atoms with Gasteiger partial charge in [0.25, 0.3) is 0 Å². The van der Waals surface area contributed by atoms with E-state index in [2.05, 4.69) is 42.3 Å². The molecule has 8 heteroatoms. The van der Waals surface area contributed by atoms with E-state index in [0.29, 0.717) is 37.4 Å². The maximum absolute atomic E-state index is 13.4. The number of piperidine rings is 1. The predicted molar refractivity (Wildman–Crippen MR) is 129 cm³/mol. The number of benzene rings is 2. The second-order valence-corrected chi connectivity index (χ2v) is 11.2. The molecule has 0 saturated carbocycles. The first kappa shape index (κ1) is 22.6. The van der Waals surface area contributed by atoms with E-state index in [1.54, 1.807) is 29.5 Å². The molecular formula is C24H28N2O4S2. The van der Waals surface area contributed by atoms with Gasteiger partial charge in [-0.3, -0.25) is 0 Å². The number of methoxy groups -OCH3 is 2. The summed E-state index contributed by atoms with van der Waals surface area (Å²) < 4.78 is 37.3. The average molecular weight is 473 g/mol. The first-order chi connectivity index (χ1) is 15.3. The number of hydrogen-bond donors (Lipinski definition) is 0. The summed E-state index contributed by atoms with van der Waals surface area (Å²) in [6, 6.07) is 11.3. The Balaban J connectivity index is 1.50. The third-order valence-corrected chi connectivity index (χ3v) is 9.02. The minimum Gasteiger partial charge on any atom is -0.497 e. The molecule has 1 aliphatic heterocycles. The first-order valence-corrected chi connectivity index (χ1v) is 13.0. The molecule has 2 aromatic carbocycles. The molecule has 2 heterocycles. The zero-order valence-corrected chi connectivity index (χ0v) is 20.4. The molecule has 0 atom stereocenters. The monoisotopic (exact) mass is 472 g/mol. The van der Waals surface area contributed by atoms with Crippen LogP contribution in [-0.2, 0) is 9.84 Å². The molecule has 1 fully saturated rings. The van der Waals surface area contributed by atoms with E-state index in [9.17, 15) is 8.42 Å². The number of nitrogens with zero attached hydrogens (tertiary/aromatic N) is 2. The summed E-state index contributed by atoms with van der Waals surface area (Å²) in [5.74, 6) is 0.856. The Bertz CT molecular complexity index is 1190. The number of rotatable bonds is 6. The Morgan fingerprint density at radius 3 is 2.31 bits per heavy atom. The van der Waals surface area contributed by atoms with Crippen molar-refractivity contribution in [3.8, 4) is 22.8 Å². The molecule has 4 rings (SSSR count). The fourth-order valence-electron chi connectivity index (χ4n) is 4.21. The van der Waals surface area contributed by atoms with Crippen molar-refractivity contribution in [2.75, 3.05) is 32.2 Å². The van der Waals surface area contributed by atoms with Crippen LogP contribution in [0.25, 0.3) is 11.3 Å². The molecule has 0 amide bonds. The quantitative estimate of drug-likeness (QED) is 0.509. The highest BCUT2D eigenvalue weighted by Gasteiger charge is 2.34. The van der Waals surface area contributed by atoms with Crippen LogP contribution in [0.15, 0.2) is 46.7 Å². The van der Waals surface area contributed by atoms with E-state index >= 15 is 0 Å². The first-order valence-electron chi connectivity index (χ1n) is 10.6. The van der Waals surface area contributed by atoms with Crippen molar-refractivity contribution in [2.45, 2.75) is 36.8 Å². The number of thiazole rings is 1. The Hall–Kier alpha value is -2.58. The fraction of sp³-hybridized carbons (Fsp3) is 0.375. The van der Waals surface area contributed by atoms with Crippen molar-refractivity contribution in [3.63, 3.8) is 0 Å². The lowest BCUT2D eigenvalue weighted by Crippen LogP contribution is -2.39. The molecule has 0 N–H and O–H groups in total. The van der Waals surface area contributed by atoms with Crippen LogP contribution in [0.3, 0.4) is 0 Å². The topological polar surface area (TPSA) is 68.7 Å². The van der Waals surface area contributed by atoms with Crippen molar-refractivity contribution in [3.05, 3.63) is 52.9 Å². The SMILES string of the molecule is COc1ccc(OC)c(S(=O)(=O)C2CCN(c3nc(-c4cc(C)cc(C)c4)cs3)CC2)c1. The summed E-state index contributed by atoms with van der Waals surface area (Å²) in [4.78, 5) is 7.22. The summed E-state index contributed by atoms with van der Waals surface area (Å²) in [6.45, 7) is 5.48. The van der Waals surface area contributed by atoms with E-state index < -0.39 is 15.1 Å². The van der Waals surface area contributed by atoms with Crippen molar-refractivity contribution in [1.29, 1.82) is 0 Å². The van der Waals surface area contributed by atoms with E-state index in [-0.39, 0.29) is 4.90 Å². The second kappa shape index (κ2) is 9.11. The fourth-order valence-corrected chi connectivity index (χ4v) is 7.00. The van der Waals surface area contributed by atoms with E-state index in [1.165, 1.54) is 25.3 Å². The third-order valence-electron chi connectivity index (χ3n) is 5.84. The van der Waals surface area contributed by atoms with Gasteiger partial charge in [0.05, 0.1) is 25.2 Å². The number of aryl methyl sites for hydroxylation is 2. The molecule has 3 aromatic rings. The number of sulfone groups is 1. The Labute approximate surface area is 193 Å². The number of hydrogen-bond acceptors (Lipinski definition) is 7. The van der Waals surface area contributed by atoms with Gasteiger partial charge in [-0.15, -0.1) is 11.3 Å². The highest BCUT2D eigenvalue weighted by molar-refractivity contribution is 7.92. The smallest absolute Gasteiger partial charge is 0.185 e. The van der Waals surface area contributed by atoms with Gasteiger partial charge in [0, 0.05) is 30.1 Å². The van der Waals surface area contributed by atoms with Gasteiger partial charge in [0.2, 0.25) is 0 Å². The number of anilines is 1. The van der Waals surface area contributed by atoms with Gasteiger partial charge >= 0.3 is 0 Å². The van der Waals surface area contributed by atoms with Gasteiger partial charge in [0.1, 0.15) is 16.4 Å². The highest BCUT2D eigenvalue weighted by atomic mass is 32.2. The van der Waals surface area contributed by atoms with Gasteiger partial charge in [-0.1, -0.05) is 17.2 Å². The van der Waals surface area contributed by atoms with Gasteiger partial charge in [-0.05, 0) is 51.0 Å². The zero-order valence-electron chi connectivity index (χ0n) is 18.8. The van der Waals surface area contributed by atoms with Gasteiger partial charge in [-0.2, -0.15) is 0 Å². The lowest BCUT2D eigenvalue weighted by molar-refractivity contribution is 0.391. The summed E-state index contributed by atoms with van der Waals surface area (Å²) in [5.41, 5.74) is 4.52. The van der Waals surface area contributed by atoms with Crippen LogP contribution in [0.1, 0.15) is 24.0 Å². The largest absolute Gasteiger partial charge is 0.497 e. The van der Waals surface area contributed by atoms with Crippen molar-refractivity contribution in [1.82, 2.24) is 4.98 Å². The summed E-state index contributed by atoms with van der Waals surface area (Å²) in [5, 5.41) is 2.56. The van der Waals surface area contributed by atoms with Crippen LogP contribution >= 0.6 is 11.3 Å². The number of ether oxygens (including phenoxy) is 2. The maximum atomic E-state index is 13.4. The van der Waals surface area contributed by atoms with E-state index in [4.69, 9.17) is 14.5 Å². The molecule has 1 aliphatic rings. The van der Waals surface area contributed by atoms with E-state index in [1.807, 2.05) is 0 Å². The molecular weight excluding hydrogens is 444 g/mol. The maximum Gasteiger partial charge on any atom is 0.185 e. The summed E-state index contributed by atoms with van der Waals surface area (Å²) in [7, 11) is -0.529. The van der Waals surface area contributed by atoms with Crippen molar-refractivity contribution >= 4 is 26.3 Å². The zero-order chi connectivity index (χ0) is 22.9. The lowest BCUT2D eigenvalue weighted by Gasteiger charge is -2.31. The molecule has 170 valence electrons. The van der Waals surface area contributed by atoms with Gasteiger partial charge in [-0.25, -0.2) is 13.4 Å². The molecule has 32 heavy (non-hydrogen) atoms. The molecule has 0 radical (unpaired) electrons. The molecule has 1 saturated heterocycles. The standard InChI is InChI=1S/C24H28N2O4S2/c1-16-11-17(2)13-18(12-16)21-15-31-24(25-21)26-9-7-20(8-10-26)32(27,28)23-14-19(29-3)5-6-22(23)30-4/h5-6,11-15,20H,7-10H2,1-4H3. The van der Waals surface area contributed by atoms with Crippen LogP contribution < -0.4 is 14.4 Å². The Kier molecular flexibility index (Phi) is 6.44. The molecule has 0 bridgehead atoms. The van der Waals surface area contributed by atoms with Crippen LogP contribution in [0.5, 0.6) is 11.5 Å². The summed E-state index contributed by atoms with van der Waals surface area (Å²) >= 11 is 1.61. The third kappa shape index (κ3) is 4.47. The Morgan fingerprint density at radius 2 is 1.69 bits per heavy atom. The summed E-state index contributed by atoms with van der Waals surface area (Å²) in [6.07, 6.45) is 1.09. The van der Waals surface area contributed by atoms with Crippen molar-refractivity contribution < 1.29 is 17.9 Å². The van der Waals surface area contributed by atoms with Crippen LogP contribution in [0.4, 0.5) is 5.13 Å². The molecule has 0 spiro atoms.